The van der Waals surface area contributed by atoms with E-state index >= 15 is 0 Å². The highest BCUT2D eigenvalue weighted by Crippen LogP contribution is 2.38. The van der Waals surface area contributed by atoms with Crippen LogP contribution in [0.3, 0.4) is 0 Å². The molecule has 6 heteroatoms. The summed E-state index contributed by atoms with van der Waals surface area (Å²) in [6.07, 6.45) is 1.89. The van der Waals surface area contributed by atoms with Crippen LogP contribution in [0, 0.1) is 0 Å². The Balaban J connectivity index is 2.13. The average Bonchev–Trinajstić information content (AvgIpc) is 2.57. The number of fused-ring (bicyclic) bond motifs is 1. The maximum atomic E-state index is 5.90. The van der Waals surface area contributed by atoms with Crippen molar-refractivity contribution in [3.63, 3.8) is 0 Å². The van der Waals surface area contributed by atoms with E-state index in [2.05, 4.69) is 0 Å². The summed E-state index contributed by atoms with van der Waals surface area (Å²) in [5, 5.41) is 0. The minimum atomic E-state index is -0.404. The molecule has 22 heavy (non-hydrogen) atoms. The van der Waals surface area contributed by atoms with E-state index in [0.717, 1.165) is 24.2 Å². The maximum Gasteiger partial charge on any atom is 0.176 e. The maximum absolute atomic E-state index is 5.90. The molecule has 0 spiro atoms. The minimum Gasteiger partial charge on any atom is -0.493 e. The largest absolute Gasteiger partial charge is 0.493 e. The van der Waals surface area contributed by atoms with Crippen molar-refractivity contribution < 1.29 is 23.8 Å². The van der Waals surface area contributed by atoms with E-state index in [0.29, 0.717) is 25.4 Å². The molecule has 1 aliphatic rings. The van der Waals surface area contributed by atoms with Crippen molar-refractivity contribution in [2.24, 2.45) is 5.90 Å². The quantitative estimate of drug-likeness (QED) is 0.587. The van der Waals surface area contributed by atoms with Crippen molar-refractivity contribution in [1.29, 1.82) is 0 Å². The summed E-state index contributed by atoms with van der Waals surface area (Å²) >= 11 is 0. The number of rotatable bonds is 8. The molecule has 2 unspecified atom stereocenters. The third-order valence-corrected chi connectivity index (χ3v) is 3.85. The van der Waals surface area contributed by atoms with Gasteiger partial charge in [-0.3, -0.25) is 4.84 Å². The van der Waals surface area contributed by atoms with Gasteiger partial charge in [-0.05, 0) is 43.0 Å². The molecule has 0 aliphatic carbocycles. The zero-order valence-corrected chi connectivity index (χ0v) is 13.5. The molecule has 0 fully saturated rings. The second-order valence-electron chi connectivity index (χ2n) is 5.11. The smallest absolute Gasteiger partial charge is 0.176 e. The first-order valence-corrected chi connectivity index (χ1v) is 7.57. The molecular formula is C16H25NO5. The molecule has 1 heterocycles. The topological polar surface area (TPSA) is 72.2 Å². The third kappa shape index (κ3) is 3.89. The predicted molar refractivity (Wildman–Crippen MR) is 81.9 cm³/mol. The van der Waals surface area contributed by atoms with E-state index < -0.39 is 6.29 Å². The van der Waals surface area contributed by atoms with E-state index in [4.69, 9.17) is 29.7 Å². The van der Waals surface area contributed by atoms with Crippen LogP contribution in [0.25, 0.3) is 0 Å². The standard InChI is InChI=1S/C16H25NO5/c1-4-20-16(22-17)6-5-13-12-10-15(19-3)14(18-2)9-11(12)7-8-21-13/h9-10,13,16H,4-8,17H2,1-3H3. The summed E-state index contributed by atoms with van der Waals surface area (Å²) in [6, 6.07) is 4.03. The highest BCUT2D eigenvalue weighted by molar-refractivity contribution is 5.48. The van der Waals surface area contributed by atoms with Crippen molar-refractivity contribution in [2.45, 2.75) is 38.6 Å². The van der Waals surface area contributed by atoms with Gasteiger partial charge in [0, 0.05) is 13.0 Å². The number of ether oxygens (including phenoxy) is 4. The van der Waals surface area contributed by atoms with Crippen LogP contribution in [-0.2, 0) is 20.7 Å². The number of benzene rings is 1. The van der Waals surface area contributed by atoms with Gasteiger partial charge in [0.1, 0.15) is 0 Å². The van der Waals surface area contributed by atoms with Crippen LogP contribution in [0.4, 0.5) is 0 Å². The molecule has 0 bridgehead atoms. The molecule has 1 aliphatic heterocycles. The SMILES string of the molecule is CCOC(CCC1OCCc2cc(OC)c(OC)cc21)ON. The number of hydrogen-bond donors (Lipinski definition) is 1. The van der Waals surface area contributed by atoms with Gasteiger partial charge in [-0.2, -0.15) is 0 Å². The molecule has 2 atom stereocenters. The van der Waals surface area contributed by atoms with Gasteiger partial charge < -0.3 is 18.9 Å². The molecule has 0 aromatic heterocycles. The van der Waals surface area contributed by atoms with Gasteiger partial charge in [0.15, 0.2) is 17.8 Å². The molecule has 0 amide bonds. The monoisotopic (exact) mass is 311 g/mol. The molecule has 2 rings (SSSR count). The second-order valence-corrected chi connectivity index (χ2v) is 5.11. The fourth-order valence-electron chi connectivity index (χ4n) is 2.76. The second kappa shape index (κ2) is 8.33. The van der Waals surface area contributed by atoms with Gasteiger partial charge in [0.05, 0.1) is 26.9 Å². The Labute approximate surface area is 131 Å². The van der Waals surface area contributed by atoms with Crippen molar-refractivity contribution in [1.82, 2.24) is 0 Å². The summed E-state index contributed by atoms with van der Waals surface area (Å²) in [6.45, 7) is 3.17. The number of hydrogen-bond acceptors (Lipinski definition) is 6. The van der Waals surface area contributed by atoms with Crippen LogP contribution >= 0.6 is 0 Å². The van der Waals surface area contributed by atoms with Gasteiger partial charge in [-0.25, -0.2) is 5.90 Å². The van der Waals surface area contributed by atoms with Gasteiger partial charge in [-0.1, -0.05) is 0 Å². The fraction of sp³-hybridized carbons (Fsp3) is 0.625. The first kappa shape index (κ1) is 17.0. The molecule has 6 nitrogen and oxygen atoms in total. The van der Waals surface area contributed by atoms with Crippen molar-refractivity contribution in [2.75, 3.05) is 27.4 Å². The highest BCUT2D eigenvalue weighted by atomic mass is 16.7. The van der Waals surface area contributed by atoms with Gasteiger partial charge in [0.25, 0.3) is 0 Å². The lowest BCUT2D eigenvalue weighted by atomic mass is 9.94. The van der Waals surface area contributed by atoms with Crippen LogP contribution in [0.5, 0.6) is 11.5 Å². The summed E-state index contributed by atoms with van der Waals surface area (Å²) < 4.78 is 22.1. The normalized spacial score (nSPS) is 18.6. The van der Waals surface area contributed by atoms with E-state index in [9.17, 15) is 0 Å². The first-order valence-electron chi connectivity index (χ1n) is 7.57. The highest BCUT2D eigenvalue weighted by Gasteiger charge is 2.24. The number of methoxy groups -OCH3 is 2. The van der Waals surface area contributed by atoms with Gasteiger partial charge >= 0.3 is 0 Å². The lowest BCUT2D eigenvalue weighted by Crippen LogP contribution is -2.23. The molecule has 1 aromatic carbocycles. The Morgan fingerprint density at radius 2 is 2.00 bits per heavy atom. The summed E-state index contributed by atoms with van der Waals surface area (Å²) in [7, 11) is 3.28. The van der Waals surface area contributed by atoms with Gasteiger partial charge in [0.2, 0.25) is 0 Å². The Bertz CT molecular complexity index is 480. The Hall–Kier alpha value is -1.34. The molecule has 0 saturated carbocycles. The van der Waals surface area contributed by atoms with Crippen LogP contribution in [-0.4, -0.2) is 33.7 Å². The van der Waals surface area contributed by atoms with Crippen LogP contribution < -0.4 is 15.4 Å². The van der Waals surface area contributed by atoms with Crippen molar-refractivity contribution >= 4 is 0 Å². The van der Waals surface area contributed by atoms with Crippen LogP contribution in [0.1, 0.15) is 37.0 Å². The molecule has 0 saturated heterocycles. The van der Waals surface area contributed by atoms with Crippen LogP contribution in [0.15, 0.2) is 12.1 Å². The van der Waals surface area contributed by atoms with Gasteiger partial charge in [-0.15, -0.1) is 0 Å². The fourth-order valence-corrected chi connectivity index (χ4v) is 2.76. The predicted octanol–water partition coefficient (Wildman–Crippen LogP) is 2.35. The number of nitrogens with two attached hydrogens (primary N) is 1. The Kier molecular flexibility index (Phi) is 6.45. The third-order valence-electron chi connectivity index (χ3n) is 3.85. The van der Waals surface area contributed by atoms with E-state index in [1.165, 1.54) is 5.56 Å². The van der Waals surface area contributed by atoms with Crippen LogP contribution in [0.2, 0.25) is 0 Å². The minimum absolute atomic E-state index is 0.0123. The molecule has 2 N–H and O–H groups in total. The zero-order chi connectivity index (χ0) is 15.9. The first-order chi connectivity index (χ1) is 10.7. The van der Waals surface area contributed by atoms with E-state index in [1.807, 2.05) is 19.1 Å². The summed E-state index contributed by atoms with van der Waals surface area (Å²) in [5.41, 5.74) is 2.37. The molecule has 124 valence electrons. The van der Waals surface area contributed by atoms with E-state index in [-0.39, 0.29) is 6.10 Å². The van der Waals surface area contributed by atoms with E-state index in [1.54, 1.807) is 14.2 Å². The Morgan fingerprint density at radius 3 is 2.64 bits per heavy atom. The average molecular weight is 311 g/mol. The van der Waals surface area contributed by atoms with Crippen molar-refractivity contribution in [3.05, 3.63) is 23.3 Å². The zero-order valence-electron chi connectivity index (χ0n) is 13.5. The summed E-state index contributed by atoms with van der Waals surface area (Å²) in [4.78, 5) is 4.83. The molecule has 1 aromatic rings. The summed E-state index contributed by atoms with van der Waals surface area (Å²) in [5.74, 6) is 6.72. The Morgan fingerprint density at radius 1 is 1.27 bits per heavy atom. The lowest BCUT2D eigenvalue weighted by molar-refractivity contribution is -0.150. The molecule has 0 radical (unpaired) electrons. The van der Waals surface area contributed by atoms with Crippen molar-refractivity contribution in [3.8, 4) is 11.5 Å². The lowest BCUT2D eigenvalue weighted by Gasteiger charge is -2.28. The molecular weight excluding hydrogens is 286 g/mol.